The second-order valence-corrected chi connectivity index (χ2v) is 6.02. The number of fused-ring (bicyclic) bond motifs is 1. The van der Waals surface area contributed by atoms with Crippen LogP contribution >= 0.6 is 0 Å². The van der Waals surface area contributed by atoms with Crippen molar-refractivity contribution in [3.05, 3.63) is 65.7 Å². The minimum absolute atomic E-state index is 0.108. The van der Waals surface area contributed by atoms with E-state index in [1.54, 1.807) is 0 Å². The Morgan fingerprint density at radius 3 is 2.44 bits per heavy atom. The summed E-state index contributed by atoms with van der Waals surface area (Å²) < 4.78 is 0. The van der Waals surface area contributed by atoms with Gasteiger partial charge in [-0.3, -0.25) is 9.59 Å². The highest BCUT2D eigenvalue weighted by molar-refractivity contribution is 6.03. The number of nitrogens with one attached hydrogen (secondary N) is 2. The molecule has 0 heterocycles. The lowest BCUT2D eigenvalue weighted by molar-refractivity contribution is -0.124. The summed E-state index contributed by atoms with van der Waals surface area (Å²) >= 11 is 0. The first-order valence-electron chi connectivity index (χ1n) is 8.51. The Balaban J connectivity index is 1.49. The molecule has 0 spiro atoms. The lowest BCUT2D eigenvalue weighted by Gasteiger charge is -2.17. The van der Waals surface area contributed by atoms with Gasteiger partial charge in [-0.15, -0.1) is 0 Å². The first-order valence-corrected chi connectivity index (χ1v) is 8.51. The fraction of sp³-hybridized carbons (Fsp3) is 0.250. The second kappa shape index (κ2) is 8.24. The van der Waals surface area contributed by atoms with Crippen molar-refractivity contribution in [1.82, 2.24) is 5.43 Å². The van der Waals surface area contributed by atoms with Crippen LogP contribution in [0.3, 0.4) is 0 Å². The third-order valence-corrected chi connectivity index (χ3v) is 4.14. The van der Waals surface area contributed by atoms with Crippen LogP contribution in [0.2, 0.25) is 0 Å². The highest BCUT2D eigenvalue weighted by Crippen LogP contribution is 2.21. The second-order valence-electron chi connectivity index (χ2n) is 6.02. The minimum atomic E-state index is -0.251. The Hall–Kier alpha value is -2.95. The summed E-state index contributed by atoms with van der Waals surface area (Å²) in [6.07, 6.45) is 3.17. The number of hydrazone groups is 1. The summed E-state index contributed by atoms with van der Waals surface area (Å²) in [5.74, 6) is -0.434. The standard InChI is InChI=1S/C20H21N3O2/c24-19(21-16-9-2-1-3-10-16)13-14-20(25)23-22-18-12-6-8-15-7-4-5-11-17(15)18/h1-5,7,9-11H,6,8,12-14H2,(H,21,24)(H,23,25). The molecule has 0 radical (unpaired) electrons. The van der Waals surface area contributed by atoms with E-state index in [2.05, 4.69) is 21.9 Å². The van der Waals surface area contributed by atoms with Gasteiger partial charge in [0.2, 0.25) is 11.8 Å². The lowest BCUT2D eigenvalue weighted by Crippen LogP contribution is -2.23. The number of rotatable bonds is 5. The highest BCUT2D eigenvalue weighted by atomic mass is 16.2. The van der Waals surface area contributed by atoms with E-state index < -0.39 is 0 Å². The van der Waals surface area contributed by atoms with Crippen molar-refractivity contribution in [2.45, 2.75) is 32.1 Å². The molecule has 0 aromatic heterocycles. The number of benzene rings is 2. The minimum Gasteiger partial charge on any atom is -0.326 e. The van der Waals surface area contributed by atoms with Gasteiger partial charge >= 0.3 is 0 Å². The molecule has 0 atom stereocenters. The van der Waals surface area contributed by atoms with Crippen LogP contribution in [0.5, 0.6) is 0 Å². The molecule has 0 bridgehead atoms. The van der Waals surface area contributed by atoms with Crippen molar-refractivity contribution >= 4 is 23.2 Å². The number of nitrogens with zero attached hydrogens (tertiary/aromatic N) is 1. The molecule has 5 nitrogen and oxygen atoms in total. The average Bonchev–Trinajstić information content (AvgIpc) is 2.65. The van der Waals surface area contributed by atoms with Gasteiger partial charge in [0, 0.05) is 24.1 Å². The number of carbonyl (C=O) groups is 2. The topological polar surface area (TPSA) is 70.6 Å². The van der Waals surface area contributed by atoms with E-state index >= 15 is 0 Å². The smallest absolute Gasteiger partial charge is 0.240 e. The summed E-state index contributed by atoms with van der Waals surface area (Å²) in [7, 11) is 0. The van der Waals surface area contributed by atoms with E-state index in [4.69, 9.17) is 0 Å². The largest absolute Gasteiger partial charge is 0.326 e. The summed E-state index contributed by atoms with van der Waals surface area (Å²) in [6, 6.07) is 17.3. The Labute approximate surface area is 147 Å². The zero-order chi connectivity index (χ0) is 17.5. The van der Waals surface area contributed by atoms with Crippen LogP contribution in [0.25, 0.3) is 0 Å². The molecule has 1 aliphatic carbocycles. The van der Waals surface area contributed by atoms with E-state index in [0.717, 1.165) is 36.2 Å². The van der Waals surface area contributed by atoms with Gasteiger partial charge < -0.3 is 5.32 Å². The van der Waals surface area contributed by atoms with Crippen LogP contribution in [0.15, 0.2) is 59.7 Å². The molecule has 25 heavy (non-hydrogen) atoms. The molecule has 0 aliphatic heterocycles. The van der Waals surface area contributed by atoms with Crippen LogP contribution in [0, 0.1) is 0 Å². The van der Waals surface area contributed by atoms with Crippen molar-refractivity contribution in [3.8, 4) is 0 Å². The van der Waals surface area contributed by atoms with Gasteiger partial charge in [0.1, 0.15) is 0 Å². The molecule has 3 rings (SSSR count). The predicted molar refractivity (Wildman–Crippen MR) is 98.4 cm³/mol. The Bertz CT molecular complexity index is 785. The number of carbonyl (C=O) groups excluding carboxylic acids is 2. The van der Waals surface area contributed by atoms with Crippen LogP contribution in [-0.4, -0.2) is 17.5 Å². The van der Waals surface area contributed by atoms with Crippen molar-refractivity contribution < 1.29 is 9.59 Å². The fourth-order valence-corrected chi connectivity index (χ4v) is 2.87. The number of para-hydroxylation sites is 1. The van der Waals surface area contributed by atoms with Gasteiger partial charge in [-0.05, 0) is 37.0 Å². The molecular formula is C20H21N3O2. The van der Waals surface area contributed by atoms with Gasteiger partial charge in [-0.1, -0.05) is 42.5 Å². The van der Waals surface area contributed by atoms with Crippen molar-refractivity contribution in [1.29, 1.82) is 0 Å². The van der Waals surface area contributed by atoms with Gasteiger partial charge in [0.05, 0.1) is 5.71 Å². The molecule has 2 aromatic rings. The fourth-order valence-electron chi connectivity index (χ4n) is 2.87. The summed E-state index contributed by atoms with van der Waals surface area (Å²) in [6.45, 7) is 0. The summed E-state index contributed by atoms with van der Waals surface area (Å²) in [4.78, 5) is 23.8. The molecular weight excluding hydrogens is 314 g/mol. The molecule has 128 valence electrons. The summed E-state index contributed by atoms with van der Waals surface area (Å²) in [5, 5.41) is 7.03. The third-order valence-electron chi connectivity index (χ3n) is 4.14. The SMILES string of the molecule is O=C(CCC(=O)Nc1ccccc1)NN=C1CCCc2ccccc21. The normalized spacial score (nSPS) is 14.6. The molecule has 1 aliphatic rings. The zero-order valence-corrected chi connectivity index (χ0v) is 14.0. The number of aryl methyl sites for hydroxylation is 1. The number of anilines is 1. The van der Waals surface area contributed by atoms with Crippen LogP contribution in [-0.2, 0) is 16.0 Å². The first-order chi connectivity index (χ1) is 12.2. The molecule has 2 aromatic carbocycles. The zero-order valence-electron chi connectivity index (χ0n) is 14.0. The monoisotopic (exact) mass is 335 g/mol. The molecule has 0 saturated heterocycles. The summed E-state index contributed by atoms with van der Waals surface area (Å²) in [5.41, 5.74) is 6.59. The van der Waals surface area contributed by atoms with Crippen molar-refractivity contribution in [2.24, 2.45) is 5.10 Å². The third kappa shape index (κ3) is 4.76. The Morgan fingerprint density at radius 1 is 0.880 bits per heavy atom. The van der Waals surface area contributed by atoms with Gasteiger partial charge in [-0.2, -0.15) is 5.10 Å². The molecule has 5 heteroatoms. The van der Waals surface area contributed by atoms with Crippen LogP contribution < -0.4 is 10.7 Å². The maximum atomic E-state index is 12.0. The van der Waals surface area contributed by atoms with Crippen LogP contribution in [0.1, 0.15) is 36.8 Å². The number of hydrogen-bond acceptors (Lipinski definition) is 3. The first kappa shape index (κ1) is 16.9. The Kier molecular flexibility index (Phi) is 5.57. The van der Waals surface area contributed by atoms with E-state index in [1.165, 1.54) is 5.56 Å². The molecule has 2 N–H and O–H groups in total. The van der Waals surface area contributed by atoms with Crippen molar-refractivity contribution in [3.63, 3.8) is 0 Å². The number of hydrogen-bond donors (Lipinski definition) is 2. The molecule has 0 unspecified atom stereocenters. The molecule has 0 fully saturated rings. The van der Waals surface area contributed by atoms with Gasteiger partial charge in [-0.25, -0.2) is 5.43 Å². The van der Waals surface area contributed by atoms with E-state index in [0.29, 0.717) is 0 Å². The number of amides is 2. The Morgan fingerprint density at radius 2 is 1.60 bits per heavy atom. The maximum absolute atomic E-state index is 12.0. The molecule has 0 saturated carbocycles. The van der Waals surface area contributed by atoms with E-state index in [-0.39, 0.29) is 24.7 Å². The predicted octanol–water partition coefficient (Wildman–Crippen LogP) is 3.26. The lowest BCUT2D eigenvalue weighted by atomic mass is 9.90. The maximum Gasteiger partial charge on any atom is 0.240 e. The quantitative estimate of drug-likeness (QED) is 0.823. The van der Waals surface area contributed by atoms with E-state index in [1.807, 2.05) is 48.5 Å². The van der Waals surface area contributed by atoms with E-state index in [9.17, 15) is 9.59 Å². The van der Waals surface area contributed by atoms with Gasteiger partial charge in [0.15, 0.2) is 0 Å². The highest BCUT2D eigenvalue weighted by Gasteiger charge is 2.15. The van der Waals surface area contributed by atoms with Crippen LogP contribution in [0.4, 0.5) is 5.69 Å². The van der Waals surface area contributed by atoms with Crippen molar-refractivity contribution in [2.75, 3.05) is 5.32 Å². The average molecular weight is 335 g/mol. The van der Waals surface area contributed by atoms with Gasteiger partial charge in [0.25, 0.3) is 0 Å². The molecule has 2 amide bonds.